The Morgan fingerprint density at radius 1 is 1.19 bits per heavy atom. The van der Waals surface area contributed by atoms with Gasteiger partial charge in [0.25, 0.3) is 0 Å². The maximum Gasteiger partial charge on any atom is 0.234 e. The average Bonchev–Trinajstić information content (AvgIpc) is 3.09. The number of nitrogens with zero attached hydrogens (tertiary/aromatic N) is 2. The first kappa shape index (κ1) is 19.2. The molecule has 0 saturated carbocycles. The molecule has 5 nitrogen and oxygen atoms in total. The number of carbonyl (C=O) groups excluding carboxylic acids is 1. The second-order valence-electron chi connectivity index (χ2n) is 7.56. The predicted molar refractivity (Wildman–Crippen MR) is 105 cm³/mol. The molecule has 0 spiro atoms. The highest BCUT2D eigenvalue weighted by Crippen LogP contribution is 2.25. The molecule has 1 atom stereocenters. The summed E-state index contributed by atoms with van der Waals surface area (Å²) in [5, 5.41) is 3.27. The van der Waals surface area contributed by atoms with Crippen molar-refractivity contribution in [3.63, 3.8) is 0 Å². The van der Waals surface area contributed by atoms with Gasteiger partial charge in [-0.3, -0.25) is 9.69 Å². The van der Waals surface area contributed by atoms with E-state index in [1.54, 1.807) is 7.11 Å². The maximum absolute atomic E-state index is 12.5. The van der Waals surface area contributed by atoms with Crippen molar-refractivity contribution in [1.82, 2.24) is 15.1 Å². The minimum atomic E-state index is 0.187. The number of para-hydroxylation sites is 1. The summed E-state index contributed by atoms with van der Waals surface area (Å²) < 4.78 is 5.49. The van der Waals surface area contributed by atoms with E-state index >= 15 is 0 Å². The number of rotatable bonds is 7. The number of nitrogens with one attached hydrogen (secondary N) is 1. The largest absolute Gasteiger partial charge is 0.496 e. The third-order valence-electron chi connectivity index (χ3n) is 5.89. The lowest BCUT2D eigenvalue weighted by molar-refractivity contribution is -0.123. The van der Waals surface area contributed by atoms with E-state index in [2.05, 4.69) is 34.2 Å². The monoisotopic (exact) mass is 359 g/mol. The summed E-state index contributed by atoms with van der Waals surface area (Å²) in [7, 11) is 1.72. The summed E-state index contributed by atoms with van der Waals surface area (Å²) in [6.45, 7) is 7.05. The zero-order valence-electron chi connectivity index (χ0n) is 16.2. The van der Waals surface area contributed by atoms with Crippen LogP contribution in [0.25, 0.3) is 0 Å². The molecule has 26 heavy (non-hydrogen) atoms. The van der Waals surface area contributed by atoms with Gasteiger partial charge < -0.3 is 15.0 Å². The number of hydrogen-bond acceptors (Lipinski definition) is 4. The molecule has 2 saturated heterocycles. The number of methoxy groups -OCH3 is 1. The third kappa shape index (κ3) is 4.98. The second-order valence-corrected chi connectivity index (χ2v) is 7.56. The van der Waals surface area contributed by atoms with E-state index in [4.69, 9.17) is 4.74 Å². The molecule has 5 heteroatoms. The Kier molecular flexibility index (Phi) is 6.92. The van der Waals surface area contributed by atoms with Crippen molar-refractivity contribution in [2.45, 2.75) is 51.1 Å². The summed E-state index contributed by atoms with van der Waals surface area (Å²) in [6.07, 6.45) is 5.42. The highest BCUT2D eigenvalue weighted by Gasteiger charge is 2.28. The van der Waals surface area contributed by atoms with Crippen molar-refractivity contribution in [3.8, 4) is 5.75 Å². The molecule has 0 bridgehead atoms. The Morgan fingerprint density at radius 3 is 2.69 bits per heavy atom. The van der Waals surface area contributed by atoms with Gasteiger partial charge in [-0.2, -0.15) is 0 Å². The smallest absolute Gasteiger partial charge is 0.234 e. The second kappa shape index (κ2) is 9.38. The first-order valence-electron chi connectivity index (χ1n) is 10.1. The molecule has 2 aliphatic rings. The van der Waals surface area contributed by atoms with Crippen LogP contribution in [0.1, 0.15) is 38.2 Å². The quantitative estimate of drug-likeness (QED) is 0.811. The molecule has 3 rings (SSSR count). The van der Waals surface area contributed by atoms with Crippen LogP contribution in [0.3, 0.4) is 0 Å². The van der Waals surface area contributed by atoms with Gasteiger partial charge in [0, 0.05) is 25.2 Å². The van der Waals surface area contributed by atoms with Gasteiger partial charge in [-0.25, -0.2) is 0 Å². The van der Waals surface area contributed by atoms with E-state index in [1.165, 1.54) is 12.0 Å². The molecule has 1 unspecified atom stereocenters. The van der Waals surface area contributed by atoms with Crippen molar-refractivity contribution in [3.05, 3.63) is 29.8 Å². The molecule has 0 aromatic heterocycles. The van der Waals surface area contributed by atoms with Crippen LogP contribution >= 0.6 is 0 Å². The van der Waals surface area contributed by atoms with Crippen LogP contribution in [-0.4, -0.2) is 67.6 Å². The van der Waals surface area contributed by atoms with Gasteiger partial charge in [-0.15, -0.1) is 0 Å². The van der Waals surface area contributed by atoms with Gasteiger partial charge >= 0.3 is 0 Å². The normalized spacial score (nSPS) is 22.5. The van der Waals surface area contributed by atoms with Crippen LogP contribution in [0.4, 0.5) is 0 Å². The Morgan fingerprint density at radius 2 is 1.96 bits per heavy atom. The van der Waals surface area contributed by atoms with Gasteiger partial charge in [0.05, 0.1) is 13.7 Å². The van der Waals surface area contributed by atoms with Crippen LogP contribution in [0.5, 0.6) is 5.75 Å². The fraction of sp³-hybridized carbons (Fsp3) is 0.667. The number of likely N-dealkylation sites (tertiary alicyclic amines) is 2. The van der Waals surface area contributed by atoms with E-state index in [1.807, 2.05) is 12.1 Å². The summed E-state index contributed by atoms with van der Waals surface area (Å²) in [4.78, 5) is 17.3. The molecule has 1 aromatic carbocycles. The van der Waals surface area contributed by atoms with Crippen molar-refractivity contribution < 1.29 is 9.53 Å². The van der Waals surface area contributed by atoms with Crippen LogP contribution < -0.4 is 10.1 Å². The Labute approximate surface area is 157 Å². The average molecular weight is 360 g/mol. The molecule has 1 N–H and O–H groups in total. The lowest BCUT2D eigenvalue weighted by atomic mass is 10.0. The lowest BCUT2D eigenvalue weighted by Crippen LogP contribution is -2.48. The topological polar surface area (TPSA) is 44.8 Å². The third-order valence-corrected chi connectivity index (χ3v) is 5.89. The Balaban J connectivity index is 1.50. The highest BCUT2D eigenvalue weighted by atomic mass is 16.5. The van der Waals surface area contributed by atoms with Crippen molar-refractivity contribution in [1.29, 1.82) is 0 Å². The van der Waals surface area contributed by atoms with E-state index < -0.39 is 0 Å². The molecule has 2 aliphatic heterocycles. The first-order chi connectivity index (χ1) is 12.7. The van der Waals surface area contributed by atoms with Gasteiger partial charge in [0.2, 0.25) is 5.91 Å². The first-order valence-corrected chi connectivity index (χ1v) is 10.1. The number of hydrogen-bond donors (Lipinski definition) is 1. The van der Waals surface area contributed by atoms with Crippen LogP contribution in [0.15, 0.2) is 24.3 Å². The molecule has 0 radical (unpaired) electrons. The van der Waals surface area contributed by atoms with Crippen molar-refractivity contribution >= 4 is 5.91 Å². The summed E-state index contributed by atoms with van der Waals surface area (Å²) in [6, 6.07) is 9.00. The zero-order valence-corrected chi connectivity index (χ0v) is 16.2. The number of amides is 1. The maximum atomic E-state index is 12.5. The van der Waals surface area contributed by atoms with Gasteiger partial charge in [0.15, 0.2) is 0 Å². The highest BCUT2D eigenvalue weighted by molar-refractivity contribution is 5.78. The number of carbonyl (C=O) groups is 1. The molecule has 1 amide bonds. The van der Waals surface area contributed by atoms with Crippen LogP contribution in [0.2, 0.25) is 0 Å². The van der Waals surface area contributed by atoms with Gasteiger partial charge in [0.1, 0.15) is 5.75 Å². The fourth-order valence-corrected chi connectivity index (χ4v) is 4.31. The molecule has 2 fully saturated rings. The van der Waals surface area contributed by atoms with E-state index in [-0.39, 0.29) is 5.91 Å². The minimum Gasteiger partial charge on any atom is -0.496 e. The molecule has 2 heterocycles. The summed E-state index contributed by atoms with van der Waals surface area (Å²) in [5.41, 5.74) is 1.24. The van der Waals surface area contributed by atoms with E-state index in [9.17, 15) is 4.79 Å². The summed E-state index contributed by atoms with van der Waals surface area (Å²) >= 11 is 0. The SMILES string of the molecule is CCN1CCC(NC(=O)CN2CCCC2Cc2ccccc2OC)CC1. The van der Waals surface area contributed by atoms with E-state index in [0.717, 1.165) is 57.6 Å². The predicted octanol–water partition coefficient (Wildman–Crippen LogP) is 2.30. The molecule has 0 aliphatic carbocycles. The lowest BCUT2D eigenvalue weighted by Gasteiger charge is -2.32. The standard InChI is InChI=1S/C21H33N3O2/c1-3-23-13-10-18(11-14-23)22-21(25)16-24-12-6-8-19(24)15-17-7-4-5-9-20(17)26-2/h4-5,7,9,18-19H,3,6,8,10-16H2,1-2H3,(H,22,25). The Bertz CT molecular complexity index is 584. The van der Waals surface area contributed by atoms with Crippen molar-refractivity contribution in [2.24, 2.45) is 0 Å². The zero-order chi connectivity index (χ0) is 18.4. The molecule has 1 aromatic rings. The van der Waals surface area contributed by atoms with E-state index in [0.29, 0.717) is 18.6 Å². The molecule has 144 valence electrons. The summed E-state index contributed by atoms with van der Waals surface area (Å²) in [5.74, 6) is 1.14. The van der Waals surface area contributed by atoms with Crippen LogP contribution in [0, 0.1) is 0 Å². The molecular weight excluding hydrogens is 326 g/mol. The number of piperidine rings is 1. The molecular formula is C21H33N3O2. The Hall–Kier alpha value is -1.59. The minimum absolute atomic E-state index is 0.187. The number of ether oxygens (including phenoxy) is 1. The number of benzene rings is 1. The van der Waals surface area contributed by atoms with Gasteiger partial charge in [-0.1, -0.05) is 25.1 Å². The van der Waals surface area contributed by atoms with Crippen LogP contribution in [-0.2, 0) is 11.2 Å². The van der Waals surface area contributed by atoms with Gasteiger partial charge in [-0.05, 0) is 56.8 Å². The van der Waals surface area contributed by atoms with Crippen molar-refractivity contribution in [2.75, 3.05) is 39.8 Å². The fourth-order valence-electron chi connectivity index (χ4n) is 4.31.